The number of hydrogen-bond donors (Lipinski definition) is 1. The van der Waals surface area contributed by atoms with E-state index in [1.807, 2.05) is 13.8 Å². The van der Waals surface area contributed by atoms with Gasteiger partial charge in [0.2, 0.25) is 8.32 Å². The first kappa shape index (κ1) is 34.2. The second kappa shape index (κ2) is 13.3. The Morgan fingerprint density at radius 3 is 2.28 bits per heavy atom. The lowest BCUT2D eigenvalue weighted by atomic mass is 9.86. The Labute approximate surface area is 250 Å². The van der Waals surface area contributed by atoms with Crippen LogP contribution in [0, 0.1) is 13.8 Å². The molecule has 5 heteroatoms. The highest BCUT2D eigenvalue weighted by atomic mass is 79.9. The summed E-state index contributed by atoms with van der Waals surface area (Å²) in [6.45, 7) is 26.4. The molecule has 0 spiro atoms. The van der Waals surface area contributed by atoms with Crippen molar-refractivity contribution in [2.24, 2.45) is 0 Å². The number of aryl methyl sites for hydroxylation is 1. The molecule has 39 heavy (non-hydrogen) atoms. The summed E-state index contributed by atoms with van der Waals surface area (Å²) in [6, 6.07) is 2.21. The van der Waals surface area contributed by atoms with E-state index in [1.54, 1.807) is 0 Å². The predicted molar refractivity (Wildman–Crippen MR) is 175 cm³/mol. The maximum Gasteiger partial charge on any atom is 0.250 e. The van der Waals surface area contributed by atoms with Gasteiger partial charge in [-0.25, -0.2) is 0 Å². The summed E-state index contributed by atoms with van der Waals surface area (Å²) in [5, 5.41) is 10.3. The molecule has 0 radical (unpaired) electrons. The maximum atomic E-state index is 10.1. The quantitative estimate of drug-likeness (QED) is 0.143. The molecule has 0 amide bonds. The number of hydrogen-bond acceptors (Lipinski definition) is 3. The van der Waals surface area contributed by atoms with Gasteiger partial charge < -0.3 is 14.3 Å². The third-order valence-electron chi connectivity index (χ3n) is 8.98. The van der Waals surface area contributed by atoms with Crippen molar-refractivity contribution in [3.05, 3.63) is 46.1 Å². The molecule has 1 aliphatic rings. The Bertz CT molecular complexity index is 1040. The lowest BCUT2D eigenvalue weighted by molar-refractivity contribution is 0.0560. The van der Waals surface area contributed by atoms with Gasteiger partial charge in [0.05, 0.1) is 5.60 Å². The standard InChI is InChI=1S/C34H57BrO3Si/c1-24(15-13-16-25(2)18-19-30(35)33(8,9)36)17-14-21-34(10)22-20-28-27(4)29(23-26(3)31(28)37-34)38-39(11,12)32(5,6)7/h16-17,23,30,36H,13-15,18-22H2,1-12H3/b24-17+,25-16+/t30?,34-/m1/s1. The molecule has 1 heterocycles. The fourth-order valence-electron chi connectivity index (χ4n) is 4.85. The first-order chi connectivity index (χ1) is 17.8. The molecule has 1 N–H and O–H groups in total. The van der Waals surface area contributed by atoms with E-state index < -0.39 is 13.9 Å². The van der Waals surface area contributed by atoms with Crippen molar-refractivity contribution in [2.75, 3.05) is 0 Å². The molecule has 0 saturated carbocycles. The Morgan fingerprint density at radius 1 is 1.10 bits per heavy atom. The molecule has 0 aliphatic carbocycles. The third-order valence-corrected chi connectivity index (χ3v) is 14.9. The zero-order valence-electron chi connectivity index (χ0n) is 27.1. The number of aliphatic hydroxyl groups is 1. The van der Waals surface area contributed by atoms with Crippen LogP contribution in [0.25, 0.3) is 0 Å². The molecule has 1 unspecified atom stereocenters. The molecule has 0 aromatic heterocycles. The van der Waals surface area contributed by atoms with Gasteiger partial charge in [-0.05, 0) is 135 Å². The average molecular weight is 622 g/mol. The van der Waals surface area contributed by atoms with Gasteiger partial charge in [0.1, 0.15) is 17.1 Å². The Hall–Kier alpha value is -1.04. The molecule has 2 atom stereocenters. The van der Waals surface area contributed by atoms with Crippen molar-refractivity contribution in [1.82, 2.24) is 0 Å². The fraction of sp³-hybridized carbons (Fsp3) is 0.706. The Balaban J connectivity index is 1.94. The van der Waals surface area contributed by atoms with Crippen LogP contribution in [0.15, 0.2) is 29.4 Å². The number of rotatable bonds is 12. The molecule has 0 bridgehead atoms. The first-order valence-electron chi connectivity index (χ1n) is 14.9. The molecule has 1 aromatic carbocycles. The molecule has 222 valence electrons. The molecular formula is C34H57BrO3Si. The van der Waals surface area contributed by atoms with Gasteiger partial charge in [-0.15, -0.1) is 0 Å². The topological polar surface area (TPSA) is 38.7 Å². The number of halogens is 1. The van der Waals surface area contributed by atoms with E-state index in [0.29, 0.717) is 0 Å². The van der Waals surface area contributed by atoms with Crippen LogP contribution in [-0.4, -0.2) is 29.5 Å². The van der Waals surface area contributed by atoms with Crippen molar-refractivity contribution in [2.45, 2.75) is 155 Å². The Morgan fingerprint density at radius 2 is 1.69 bits per heavy atom. The van der Waals surface area contributed by atoms with Gasteiger partial charge in [-0.2, -0.15) is 0 Å². The van der Waals surface area contributed by atoms with Crippen LogP contribution < -0.4 is 9.16 Å². The van der Waals surface area contributed by atoms with E-state index >= 15 is 0 Å². The minimum atomic E-state index is -1.90. The van der Waals surface area contributed by atoms with Gasteiger partial charge in [-0.1, -0.05) is 60.0 Å². The predicted octanol–water partition coefficient (Wildman–Crippen LogP) is 10.5. The van der Waals surface area contributed by atoms with E-state index in [1.165, 1.54) is 27.8 Å². The number of alkyl halides is 1. The number of ether oxygens (including phenoxy) is 1. The highest BCUT2D eigenvalue weighted by Crippen LogP contribution is 2.45. The minimum absolute atomic E-state index is 0.121. The summed E-state index contributed by atoms with van der Waals surface area (Å²) >= 11 is 3.62. The van der Waals surface area contributed by atoms with Gasteiger partial charge in [0.15, 0.2) is 0 Å². The van der Waals surface area contributed by atoms with Crippen molar-refractivity contribution >= 4 is 24.2 Å². The smallest absolute Gasteiger partial charge is 0.250 e. The largest absolute Gasteiger partial charge is 0.543 e. The van der Waals surface area contributed by atoms with Crippen LogP contribution >= 0.6 is 15.9 Å². The van der Waals surface area contributed by atoms with E-state index in [9.17, 15) is 5.11 Å². The van der Waals surface area contributed by atoms with Crippen molar-refractivity contribution in [1.29, 1.82) is 0 Å². The van der Waals surface area contributed by atoms with Crippen molar-refractivity contribution < 1.29 is 14.3 Å². The van der Waals surface area contributed by atoms with E-state index in [-0.39, 0.29) is 15.5 Å². The van der Waals surface area contributed by atoms with Gasteiger partial charge in [0, 0.05) is 10.4 Å². The lowest BCUT2D eigenvalue weighted by Crippen LogP contribution is -2.44. The van der Waals surface area contributed by atoms with Crippen LogP contribution in [0.3, 0.4) is 0 Å². The van der Waals surface area contributed by atoms with Crippen LogP contribution in [-0.2, 0) is 6.42 Å². The minimum Gasteiger partial charge on any atom is -0.543 e. The van der Waals surface area contributed by atoms with Crippen LogP contribution in [0.5, 0.6) is 11.5 Å². The molecule has 0 fully saturated rings. The summed E-state index contributed by atoms with van der Waals surface area (Å²) in [7, 11) is -1.90. The summed E-state index contributed by atoms with van der Waals surface area (Å²) in [5.41, 5.74) is 5.83. The molecule has 1 aromatic rings. The van der Waals surface area contributed by atoms with E-state index in [0.717, 1.165) is 62.9 Å². The highest BCUT2D eigenvalue weighted by Gasteiger charge is 2.40. The van der Waals surface area contributed by atoms with E-state index in [4.69, 9.17) is 9.16 Å². The molecule has 1 aliphatic heterocycles. The van der Waals surface area contributed by atoms with Crippen LogP contribution in [0.1, 0.15) is 117 Å². The third kappa shape index (κ3) is 9.78. The fourth-order valence-corrected chi connectivity index (χ4v) is 6.15. The van der Waals surface area contributed by atoms with Crippen LogP contribution in [0.2, 0.25) is 18.1 Å². The Kier molecular flexibility index (Phi) is 11.6. The van der Waals surface area contributed by atoms with Crippen molar-refractivity contribution in [3.63, 3.8) is 0 Å². The van der Waals surface area contributed by atoms with E-state index in [2.05, 4.69) is 103 Å². The zero-order chi connectivity index (χ0) is 29.8. The summed E-state index contributed by atoms with van der Waals surface area (Å²) in [5.74, 6) is 2.14. The zero-order valence-corrected chi connectivity index (χ0v) is 29.7. The molecule has 0 saturated heterocycles. The number of benzene rings is 1. The summed E-state index contributed by atoms with van der Waals surface area (Å²) < 4.78 is 13.5. The summed E-state index contributed by atoms with van der Waals surface area (Å²) in [4.78, 5) is 0.121. The lowest BCUT2D eigenvalue weighted by Gasteiger charge is -2.40. The second-order valence-electron chi connectivity index (χ2n) is 14.4. The normalized spacial score (nSPS) is 19.9. The average Bonchev–Trinajstić information content (AvgIpc) is 2.79. The van der Waals surface area contributed by atoms with Gasteiger partial charge in [0.25, 0.3) is 0 Å². The second-order valence-corrected chi connectivity index (χ2v) is 20.2. The SMILES string of the molecule is C/C(=C\CC[C@]1(C)CCc2c(C)c(O[Si](C)(C)C(C)(C)C)cc(C)c2O1)CC/C=C(\C)CCC(Br)C(C)(C)O. The number of allylic oxidation sites excluding steroid dienone is 4. The summed E-state index contributed by atoms with van der Waals surface area (Å²) in [6.07, 6.45) is 13.1. The highest BCUT2D eigenvalue weighted by molar-refractivity contribution is 9.09. The van der Waals surface area contributed by atoms with Gasteiger partial charge in [-0.3, -0.25) is 0 Å². The molecule has 3 nitrogen and oxygen atoms in total. The van der Waals surface area contributed by atoms with Gasteiger partial charge >= 0.3 is 0 Å². The monoisotopic (exact) mass is 620 g/mol. The van der Waals surface area contributed by atoms with Crippen LogP contribution in [0.4, 0.5) is 0 Å². The van der Waals surface area contributed by atoms with Crippen molar-refractivity contribution in [3.8, 4) is 11.5 Å². The first-order valence-corrected chi connectivity index (χ1v) is 18.8. The number of fused-ring (bicyclic) bond motifs is 1. The maximum absolute atomic E-state index is 10.1. The molecular weight excluding hydrogens is 564 g/mol. The molecule has 2 rings (SSSR count).